The van der Waals surface area contributed by atoms with Crippen LogP contribution in [0, 0.1) is 5.92 Å². The fourth-order valence-corrected chi connectivity index (χ4v) is 6.88. The molecular formula is C26H27ClN2O2. The Labute approximate surface area is 187 Å². The van der Waals surface area contributed by atoms with Crippen LogP contribution in [-0.2, 0) is 4.79 Å². The molecule has 160 valence electrons. The lowest BCUT2D eigenvalue weighted by atomic mass is 9.61. The molecule has 0 radical (unpaired) electrons. The zero-order valence-electron chi connectivity index (χ0n) is 17.4. The van der Waals surface area contributed by atoms with Crippen LogP contribution in [-0.4, -0.2) is 38.6 Å². The first-order chi connectivity index (χ1) is 15.0. The molecule has 0 spiro atoms. The van der Waals surface area contributed by atoms with Gasteiger partial charge in [-0.15, -0.1) is 0 Å². The van der Waals surface area contributed by atoms with Gasteiger partial charge in [-0.25, -0.2) is 0 Å². The van der Waals surface area contributed by atoms with Crippen molar-refractivity contribution in [2.75, 3.05) is 0 Å². The SMILES string of the molecule is O=C(CC(c1ccc(Cl)cc1)c1c[nH]c2ccccc12)N1C2CC3CC1CC(O)(C3)C2. The van der Waals surface area contributed by atoms with Gasteiger partial charge in [-0.05, 0) is 67.3 Å². The van der Waals surface area contributed by atoms with Gasteiger partial charge in [-0.1, -0.05) is 41.9 Å². The van der Waals surface area contributed by atoms with Gasteiger partial charge in [0.25, 0.3) is 0 Å². The average Bonchev–Trinajstić information content (AvgIpc) is 3.15. The third-order valence-electron chi connectivity index (χ3n) is 7.83. The van der Waals surface area contributed by atoms with Gasteiger partial charge in [0.2, 0.25) is 5.91 Å². The van der Waals surface area contributed by atoms with Crippen molar-refractivity contribution < 1.29 is 9.90 Å². The first-order valence-electron chi connectivity index (χ1n) is 11.3. The van der Waals surface area contributed by atoms with E-state index in [2.05, 4.69) is 22.0 Å². The summed E-state index contributed by atoms with van der Waals surface area (Å²) in [6.45, 7) is 0. The second-order valence-electron chi connectivity index (χ2n) is 9.88. The molecule has 2 saturated carbocycles. The van der Waals surface area contributed by atoms with Crippen molar-refractivity contribution in [3.63, 3.8) is 0 Å². The van der Waals surface area contributed by atoms with Gasteiger partial charge in [-0.3, -0.25) is 4.79 Å². The summed E-state index contributed by atoms with van der Waals surface area (Å²) in [5.74, 6) is 0.746. The quantitative estimate of drug-likeness (QED) is 0.589. The van der Waals surface area contributed by atoms with Crippen LogP contribution in [0.2, 0.25) is 5.02 Å². The Morgan fingerprint density at radius 2 is 1.81 bits per heavy atom. The molecule has 31 heavy (non-hydrogen) atoms. The maximum absolute atomic E-state index is 13.7. The van der Waals surface area contributed by atoms with E-state index in [1.165, 1.54) is 0 Å². The minimum atomic E-state index is -0.542. The molecule has 4 bridgehead atoms. The third-order valence-corrected chi connectivity index (χ3v) is 8.09. The van der Waals surface area contributed by atoms with Gasteiger partial charge in [0, 0.05) is 46.5 Å². The predicted molar refractivity (Wildman–Crippen MR) is 122 cm³/mol. The number of carbonyl (C=O) groups excluding carboxylic acids is 1. The zero-order valence-corrected chi connectivity index (χ0v) is 18.2. The number of aliphatic hydroxyl groups is 1. The van der Waals surface area contributed by atoms with Crippen molar-refractivity contribution in [1.82, 2.24) is 9.88 Å². The molecule has 2 saturated heterocycles. The number of piperidine rings is 2. The molecule has 2 aromatic carbocycles. The van der Waals surface area contributed by atoms with E-state index in [1.54, 1.807) is 0 Å². The Morgan fingerprint density at radius 3 is 2.52 bits per heavy atom. The lowest BCUT2D eigenvalue weighted by Gasteiger charge is -2.59. The lowest BCUT2D eigenvalue weighted by Crippen LogP contribution is -2.65. The highest BCUT2D eigenvalue weighted by Crippen LogP contribution is 2.51. The Bertz CT molecular complexity index is 1120. The maximum atomic E-state index is 13.7. The van der Waals surface area contributed by atoms with E-state index in [-0.39, 0.29) is 23.9 Å². The average molecular weight is 435 g/mol. The summed E-state index contributed by atoms with van der Waals surface area (Å²) in [6.07, 6.45) is 6.97. The van der Waals surface area contributed by atoms with Crippen molar-refractivity contribution in [2.24, 2.45) is 5.92 Å². The Kier molecular flexibility index (Phi) is 4.45. The van der Waals surface area contributed by atoms with Gasteiger partial charge in [0.15, 0.2) is 0 Å². The predicted octanol–water partition coefficient (Wildman–Crippen LogP) is 5.25. The molecule has 3 atom stereocenters. The van der Waals surface area contributed by atoms with E-state index < -0.39 is 5.60 Å². The van der Waals surface area contributed by atoms with E-state index in [0.29, 0.717) is 17.4 Å². The van der Waals surface area contributed by atoms with Gasteiger partial charge >= 0.3 is 0 Å². The smallest absolute Gasteiger partial charge is 0.224 e. The number of aromatic amines is 1. The van der Waals surface area contributed by atoms with Crippen molar-refractivity contribution in [3.8, 4) is 0 Å². The van der Waals surface area contributed by atoms with Crippen molar-refractivity contribution in [3.05, 3.63) is 70.9 Å². The van der Waals surface area contributed by atoms with E-state index in [0.717, 1.165) is 54.1 Å². The number of benzene rings is 2. The van der Waals surface area contributed by atoms with Gasteiger partial charge in [0.1, 0.15) is 0 Å². The minimum Gasteiger partial charge on any atom is -0.390 e. The molecule has 3 heterocycles. The molecule has 4 fully saturated rings. The van der Waals surface area contributed by atoms with Crippen molar-refractivity contribution in [2.45, 2.75) is 62.1 Å². The highest BCUT2D eigenvalue weighted by Gasteiger charge is 2.55. The number of rotatable bonds is 4. The number of hydrogen-bond acceptors (Lipinski definition) is 2. The molecule has 7 rings (SSSR count). The van der Waals surface area contributed by atoms with Crippen molar-refractivity contribution >= 4 is 28.4 Å². The highest BCUT2D eigenvalue weighted by molar-refractivity contribution is 6.30. The fraction of sp³-hybridized carbons (Fsp3) is 0.423. The largest absolute Gasteiger partial charge is 0.390 e. The maximum Gasteiger partial charge on any atom is 0.224 e. The van der Waals surface area contributed by atoms with Crippen LogP contribution in [0.5, 0.6) is 0 Å². The summed E-state index contributed by atoms with van der Waals surface area (Å²) in [7, 11) is 0. The number of H-pyrrole nitrogens is 1. The fourth-order valence-electron chi connectivity index (χ4n) is 6.76. The number of para-hydroxylation sites is 1. The van der Waals surface area contributed by atoms with Crippen LogP contribution >= 0.6 is 11.6 Å². The van der Waals surface area contributed by atoms with E-state index in [1.807, 2.05) is 42.6 Å². The van der Waals surface area contributed by atoms with E-state index >= 15 is 0 Å². The molecule has 5 heteroatoms. The lowest BCUT2D eigenvalue weighted by molar-refractivity contribution is -0.174. The monoisotopic (exact) mass is 434 g/mol. The zero-order chi connectivity index (χ0) is 21.2. The summed E-state index contributed by atoms with van der Waals surface area (Å²) >= 11 is 6.15. The summed E-state index contributed by atoms with van der Waals surface area (Å²) in [4.78, 5) is 19.2. The molecule has 1 aromatic heterocycles. The molecular weight excluding hydrogens is 408 g/mol. The second-order valence-corrected chi connectivity index (χ2v) is 10.3. The van der Waals surface area contributed by atoms with Gasteiger partial charge < -0.3 is 15.0 Å². The number of fused-ring (bicyclic) bond motifs is 1. The first kappa shape index (κ1) is 19.4. The van der Waals surface area contributed by atoms with Crippen LogP contribution in [0.25, 0.3) is 10.9 Å². The van der Waals surface area contributed by atoms with Crippen LogP contribution in [0.15, 0.2) is 54.7 Å². The van der Waals surface area contributed by atoms with Gasteiger partial charge in [0.05, 0.1) is 5.60 Å². The number of nitrogens with zero attached hydrogens (tertiary/aromatic N) is 1. The normalized spacial score (nSPS) is 30.1. The minimum absolute atomic E-state index is 0.0406. The first-order valence-corrected chi connectivity index (χ1v) is 11.7. The molecule has 2 aliphatic heterocycles. The summed E-state index contributed by atoms with van der Waals surface area (Å²) in [5.41, 5.74) is 2.79. The molecule has 3 unspecified atom stereocenters. The Morgan fingerprint density at radius 1 is 1.10 bits per heavy atom. The van der Waals surface area contributed by atoms with Crippen LogP contribution in [0.3, 0.4) is 0 Å². The highest BCUT2D eigenvalue weighted by atomic mass is 35.5. The van der Waals surface area contributed by atoms with Crippen LogP contribution < -0.4 is 0 Å². The number of aromatic nitrogens is 1. The summed E-state index contributed by atoms with van der Waals surface area (Å²) < 4.78 is 0. The van der Waals surface area contributed by atoms with Crippen LogP contribution in [0.1, 0.15) is 55.6 Å². The molecule has 4 nitrogen and oxygen atoms in total. The molecule has 2 N–H and O–H groups in total. The summed E-state index contributed by atoms with van der Waals surface area (Å²) in [5, 5.41) is 12.8. The number of carbonyl (C=O) groups is 1. The standard InChI is InChI=1S/C26H27ClN2O2/c27-18-7-5-17(6-8-18)22(23-15-28-24-4-2-1-3-21(23)24)11-25(30)29-19-9-16-10-20(29)14-26(31,12-16)13-19/h1-8,15-16,19-20,22,28,31H,9-14H2. The van der Waals surface area contributed by atoms with E-state index in [9.17, 15) is 9.90 Å². The number of nitrogens with one attached hydrogen (secondary N) is 1. The third kappa shape index (κ3) is 3.28. The molecule has 4 aliphatic rings. The second kappa shape index (κ2) is 7.11. The summed E-state index contributed by atoms with van der Waals surface area (Å²) in [6, 6.07) is 16.5. The number of hydrogen-bond donors (Lipinski definition) is 2. The molecule has 2 aliphatic carbocycles. The van der Waals surface area contributed by atoms with Crippen LogP contribution in [0.4, 0.5) is 0 Å². The van der Waals surface area contributed by atoms with Crippen molar-refractivity contribution in [1.29, 1.82) is 0 Å². The van der Waals surface area contributed by atoms with Gasteiger partial charge in [-0.2, -0.15) is 0 Å². The Balaban J connectivity index is 1.35. The number of halogens is 1. The molecule has 3 aromatic rings. The topological polar surface area (TPSA) is 56.3 Å². The molecule has 1 amide bonds. The van der Waals surface area contributed by atoms with E-state index in [4.69, 9.17) is 11.6 Å². The number of amides is 1. The Hall–Kier alpha value is -2.30.